The highest BCUT2D eigenvalue weighted by molar-refractivity contribution is 5.81. The zero-order valence-electron chi connectivity index (χ0n) is 9.78. The van der Waals surface area contributed by atoms with Gasteiger partial charge in [0.25, 0.3) is 0 Å². The molecule has 0 radical (unpaired) electrons. The highest BCUT2D eigenvalue weighted by atomic mass is 16.4. The van der Waals surface area contributed by atoms with Crippen LogP contribution in [0.5, 0.6) is 0 Å². The van der Waals surface area contributed by atoms with E-state index in [4.69, 9.17) is 16.6 Å². The molecule has 0 fully saturated rings. The number of carboxylic acids is 1. The quantitative estimate of drug-likeness (QED) is 0.248. The maximum Gasteiger partial charge on any atom is 0.323 e. The number of rotatable bonds is 8. The van der Waals surface area contributed by atoms with E-state index in [0.717, 1.165) is 12.8 Å². The third kappa shape index (κ3) is 6.19. The van der Waals surface area contributed by atoms with Crippen LogP contribution in [0.3, 0.4) is 0 Å². The Kier molecular flexibility index (Phi) is 6.41. The van der Waals surface area contributed by atoms with E-state index in [1.165, 1.54) is 6.92 Å². The van der Waals surface area contributed by atoms with E-state index >= 15 is 0 Å². The molecule has 0 aliphatic rings. The van der Waals surface area contributed by atoms with Crippen molar-refractivity contribution in [3.05, 3.63) is 12.7 Å². The molecule has 5 N–H and O–H groups in total. The van der Waals surface area contributed by atoms with Crippen LogP contribution in [0.4, 0.5) is 0 Å². The van der Waals surface area contributed by atoms with Crippen molar-refractivity contribution in [2.75, 3.05) is 6.54 Å². The largest absolute Gasteiger partial charge is 0.480 e. The van der Waals surface area contributed by atoms with Crippen LogP contribution in [-0.2, 0) is 4.79 Å². The van der Waals surface area contributed by atoms with Crippen molar-refractivity contribution in [3.8, 4) is 0 Å². The summed E-state index contributed by atoms with van der Waals surface area (Å²) in [5.74, 6) is -0.411. The molecule has 0 aromatic heterocycles. The lowest BCUT2D eigenvalue weighted by atomic mass is 9.96. The fraction of sp³-hybridized carbons (Fsp3) is 0.636. The molecule has 1 atom stereocenters. The van der Waals surface area contributed by atoms with Gasteiger partial charge in [-0.2, -0.15) is 0 Å². The Labute approximate surface area is 96.2 Å². The molecule has 5 nitrogen and oxygen atoms in total. The van der Waals surface area contributed by atoms with Gasteiger partial charge in [0.15, 0.2) is 0 Å². The number of nitrogens with zero attached hydrogens (tertiary/aromatic N) is 1. The molecule has 0 aromatic carbocycles. The summed E-state index contributed by atoms with van der Waals surface area (Å²) in [5, 5.41) is 8.77. The molecule has 0 saturated carbocycles. The molecule has 0 amide bonds. The molecule has 92 valence electrons. The number of aliphatic carboxylic acids is 1. The minimum Gasteiger partial charge on any atom is -0.480 e. The van der Waals surface area contributed by atoms with Crippen LogP contribution in [0, 0.1) is 0 Å². The average Bonchev–Trinajstić information content (AvgIpc) is 2.17. The summed E-state index contributed by atoms with van der Waals surface area (Å²) in [6.45, 7) is 5.68. The molecular weight excluding hydrogens is 206 g/mol. The molecule has 0 spiro atoms. The predicted molar refractivity (Wildman–Crippen MR) is 65.4 cm³/mol. The van der Waals surface area contributed by atoms with E-state index in [1.807, 2.05) is 0 Å². The Hall–Kier alpha value is -1.36. The maximum absolute atomic E-state index is 10.7. The SMILES string of the molecule is C=CCC(N)=NCCCC[C@](C)(N)C(=O)O. The number of amidine groups is 1. The molecule has 0 bridgehead atoms. The van der Waals surface area contributed by atoms with Gasteiger partial charge in [-0.3, -0.25) is 9.79 Å². The zero-order valence-corrected chi connectivity index (χ0v) is 9.78. The molecule has 0 saturated heterocycles. The lowest BCUT2D eigenvalue weighted by Crippen LogP contribution is -2.44. The predicted octanol–water partition coefficient (Wildman–Crippen LogP) is 0.892. The van der Waals surface area contributed by atoms with Crippen molar-refractivity contribution in [2.24, 2.45) is 16.5 Å². The number of hydrogen-bond acceptors (Lipinski definition) is 3. The van der Waals surface area contributed by atoms with Crippen molar-refractivity contribution >= 4 is 11.8 Å². The Balaban J connectivity index is 3.73. The monoisotopic (exact) mass is 227 g/mol. The van der Waals surface area contributed by atoms with Crippen LogP contribution < -0.4 is 11.5 Å². The molecule has 0 aliphatic carbocycles. The van der Waals surface area contributed by atoms with Crippen LogP contribution in [0.2, 0.25) is 0 Å². The van der Waals surface area contributed by atoms with Crippen LogP contribution in [0.15, 0.2) is 17.6 Å². The zero-order chi connectivity index (χ0) is 12.6. The first-order valence-corrected chi connectivity index (χ1v) is 5.32. The summed E-state index contributed by atoms with van der Waals surface area (Å²) in [6.07, 6.45) is 4.24. The smallest absolute Gasteiger partial charge is 0.323 e. The molecule has 0 rings (SSSR count). The van der Waals surface area contributed by atoms with E-state index in [2.05, 4.69) is 11.6 Å². The molecular formula is C11H21N3O2. The van der Waals surface area contributed by atoms with E-state index in [9.17, 15) is 4.79 Å². The molecule has 16 heavy (non-hydrogen) atoms. The minimum atomic E-state index is -1.14. The van der Waals surface area contributed by atoms with E-state index < -0.39 is 11.5 Å². The Morgan fingerprint density at radius 1 is 1.56 bits per heavy atom. The molecule has 0 unspecified atom stereocenters. The van der Waals surface area contributed by atoms with E-state index in [-0.39, 0.29) is 0 Å². The second-order valence-electron chi connectivity index (χ2n) is 4.05. The highest BCUT2D eigenvalue weighted by Gasteiger charge is 2.26. The lowest BCUT2D eigenvalue weighted by molar-refractivity contribution is -0.142. The first-order chi connectivity index (χ1) is 7.40. The summed E-state index contributed by atoms with van der Waals surface area (Å²) in [6, 6.07) is 0. The number of nitrogens with two attached hydrogens (primary N) is 2. The Bertz CT molecular complexity index is 272. The van der Waals surface area contributed by atoms with Gasteiger partial charge in [0.05, 0.1) is 5.84 Å². The van der Waals surface area contributed by atoms with Gasteiger partial charge in [0.1, 0.15) is 5.54 Å². The second kappa shape index (κ2) is 7.00. The van der Waals surface area contributed by atoms with Gasteiger partial charge in [-0.05, 0) is 26.2 Å². The van der Waals surface area contributed by atoms with Crippen LogP contribution >= 0.6 is 0 Å². The van der Waals surface area contributed by atoms with Crippen LogP contribution in [0.1, 0.15) is 32.6 Å². The summed E-state index contributed by atoms with van der Waals surface area (Å²) in [5.41, 5.74) is 9.99. The van der Waals surface area contributed by atoms with Gasteiger partial charge >= 0.3 is 5.97 Å². The second-order valence-corrected chi connectivity index (χ2v) is 4.05. The van der Waals surface area contributed by atoms with Crippen molar-refractivity contribution in [2.45, 2.75) is 38.1 Å². The van der Waals surface area contributed by atoms with Crippen molar-refractivity contribution in [3.63, 3.8) is 0 Å². The Morgan fingerprint density at radius 2 is 2.19 bits per heavy atom. The van der Waals surface area contributed by atoms with Crippen molar-refractivity contribution < 1.29 is 9.90 Å². The van der Waals surface area contributed by atoms with Crippen molar-refractivity contribution in [1.29, 1.82) is 0 Å². The first kappa shape index (κ1) is 14.6. The summed E-state index contributed by atoms with van der Waals surface area (Å²) in [4.78, 5) is 14.8. The number of hydrogen-bond donors (Lipinski definition) is 3. The van der Waals surface area contributed by atoms with E-state index in [0.29, 0.717) is 25.2 Å². The normalized spacial score (nSPS) is 15.5. The molecule has 5 heteroatoms. The number of aliphatic imine (C=N–C) groups is 1. The summed E-state index contributed by atoms with van der Waals surface area (Å²) in [7, 11) is 0. The summed E-state index contributed by atoms with van der Waals surface area (Å²) < 4.78 is 0. The number of carbonyl (C=O) groups is 1. The number of unbranched alkanes of at least 4 members (excludes halogenated alkanes) is 1. The van der Waals surface area contributed by atoms with Crippen LogP contribution in [0.25, 0.3) is 0 Å². The molecule has 0 heterocycles. The average molecular weight is 227 g/mol. The molecule has 0 aliphatic heterocycles. The highest BCUT2D eigenvalue weighted by Crippen LogP contribution is 2.10. The topological polar surface area (TPSA) is 102 Å². The van der Waals surface area contributed by atoms with Gasteiger partial charge in [0, 0.05) is 13.0 Å². The van der Waals surface area contributed by atoms with Crippen LogP contribution in [-0.4, -0.2) is 29.0 Å². The van der Waals surface area contributed by atoms with Gasteiger partial charge in [-0.25, -0.2) is 0 Å². The minimum absolute atomic E-state index is 0.444. The fourth-order valence-corrected chi connectivity index (χ4v) is 1.15. The third-order valence-corrected chi connectivity index (χ3v) is 2.26. The molecule has 0 aromatic rings. The van der Waals surface area contributed by atoms with Gasteiger partial charge < -0.3 is 16.6 Å². The standard InChI is InChI=1S/C11H21N3O2/c1-3-6-9(12)14-8-5-4-7-11(2,13)10(15)16/h3H,1,4-8,13H2,2H3,(H2,12,14)(H,15,16)/t11-/m0/s1. The summed E-state index contributed by atoms with van der Waals surface area (Å²) >= 11 is 0. The van der Waals surface area contributed by atoms with Gasteiger partial charge in [0.2, 0.25) is 0 Å². The van der Waals surface area contributed by atoms with Crippen molar-refractivity contribution in [1.82, 2.24) is 0 Å². The van der Waals surface area contributed by atoms with E-state index in [1.54, 1.807) is 6.08 Å². The fourth-order valence-electron chi connectivity index (χ4n) is 1.15. The van der Waals surface area contributed by atoms with Gasteiger partial charge in [-0.15, -0.1) is 6.58 Å². The van der Waals surface area contributed by atoms with Gasteiger partial charge in [-0.1, -0.05) is 6.08 Å². The lowest BCUT2D eigenvalue weighted by Gasteiger charge is -2.18. The third-order valence-electron chi connectivity index (χ3n) is 2.26. The first-order valence-electron chi connectivity index (χ1n) is 5.32. The Morgan fingerprint density at radius 3 is 2.69 bits per heavy atom. The number of carboxylic acid groups (broad SMARTS) is 1. The maximum atomic E-state index is 10.7.